The fourth-order valence-corrected chi connectivity index (χ4v) is 0.985. The summed E-state index contributed by atoms with van der Waals surface area (Å²) in [5, 5.41) is 8.48. The summed E-state index contributed by atoms with van der Waals surface area (Å²) in [5.41, 5.74) is 6.02. The van der Waals surface area contributed by atoms with Gasteiger partial charge in [0.25, 0.3) is 0 Å². The van der Waals surface area contributed by atoms with Gasteiger partial charge in [-0.2, -0.15) is 0 Å². The Hall–Kier alpha value is -1.13. The molecule has 13 heavy (non-hydrogen) atoms. The number of benzene rings is 1. The van der Waals surface area contributed by atoms with Gasteiger partial charge in [-0.1, -0.05) is 0 Å². The summed E-state index contributed by atoms with van der Waals surface area (Å²) in [7, 11) is 0. The van der Waals surface area contributed by atoms with Crippen molar-refractivity contribution in [1.82, 2.24) is 0 Å². The third kappa shape index (κ3) is 3.01. The van der Waals surface area contributed by atoms with Crippen LogP contribution < -0.4 is 10.5 Å². The molecule has 0 aliphatic rings. The zero-order valence-electron chi connectivity index (χ0n) is 7.16. The monoisotopic (exact) mass is 185 g/mol. The van der Waals surface area contributed by atoms with E-state index in [9.17, 15) is 4.39 Å². The molecule has 0 aliphatic carbocycles. The van der Waals surface area contributed by atoms with Crippen molar-refractivity contribution in [2.45, 2.75) is 6.54 Å². The number of aliphatic hydroxyl groups is 1. The molecule has 0 atom stereocenters. The summed E-state index contributed by atoms with van der Waals surface area (Å²) in [6.45, 7) is 0.342. The van der Waals surface area contributed by atoms with Crippen LogP contribution in [0.1, 0.15) is 5.56 Å². The topological polar surface area (TPSA) is 55.5 Å². The van der Waals surface area contributed by atoms with Crippen LogP contribution in [-0.2, 0) is 6.54 Å². The predicted molar refractivity (Wildman–Crippen MR) is 46.9 cm³/mol. The second kappa shape index (κ2) is 4.79. The van der Waals surface area contributed by atoms with Crippen LogP contribution in [0.4, 0.5) is 4.39 Å². The standard InChI is InChI=1S/C9H12FNO2/c10-8-3-7(6-11)4-9(5-8)13-2-1-12/h3-5,12H,1-2,6,11H2. The molecular weight excluding hydrogens is 173 g/mol. The maximum atomic E-state index is 12.8. The molecule has 0 unspecified atom stereocenters. The second-order valence-electron chi connectivity index (χ2n) is 2.57. The van der Waals surface area contributed by atoms with Gasteiger partial charge in [-0.15, -0.1) is 0 Å². The molecule has 1 rings (SSSR count). The van der Waals surface area contributed by atoms with Crippen LogP contribution in [0, 0.1) is 5.82 Å². The molecule has 0 aromatic heterocycles. The summed E-state index contributed by atoms with van der Waals surface area (Å²) < 4.78 is 17.9. The Bertz CT molecular complexity index is 278. The third-order valence-corrected chi connectivity index (χ3v) is 1.53. The van der Waals surface area contributed by atoms with Gasteiger partial charge in [0.05, 0.1) is 6.61 Å². The lowest BCUT2D eigenvalue weighted by molar-refractivity contribution is 0.201. The summed E-state index contributed by atoms with van der Waals surface area (Å²) in [4.78, 5) is 0. The maximum Gasteiger partial charge on any atom is 0.127 e. The Balaban J connectivity index is 2.76. The van der Waals surface area contributed by atoms with Gasteiger partial charge in [0.2, 0.25) is 0 Å². The highest BCUT2D eigenvalue weighted by Gasteiger charge is 1.99. The van der Waals surface area contributed by atoms with Crippen molar-refractivity contribution in [2.75, 3.05) is 13.2 Å². The molecule has 0 amide bonds. The van der Waals surface area contributed by atoms with Crippen molar-refractivity contribution in [1.29, 1.82) is 0 Å². The van der Waals surface area contributed by atoms with Crippen molar-refractivity contribution in [2.24, 2.45) is 5.73 Å². The van der Waals surface area contributed by atoms with Crippen LogP contribution in [0.5, 0.6) is 5.75 Å². The Morgan fingerprint density at radius 3 is 2.77 bits per heavy atom. The number of halogens is 1. The van der Waals surface area contributed by atoms with E-state index in [1.165, 1.54) is 12.1 Å². The normalized spacial score (nSPS) is 10.1. The molecule has 0 saturated heterocycles. The van der Waals surface area contributed by atoms with Gasteiger partial charge < -0.3 is 15.6 Å². The molecule has 1 aromatic rings. The van der Waals surface area contributed by atoms with E-state index in [1.54, 1.807) is 6.07 Å². The number of hydrogen-bond donors (Lipinski definition) is 2. The lowest BCUT2D eigenvalue weighted by atomic mass is 10.2. The van der Waals surface area contributed by atoms with Crippen molar-refractivity contribution in [3.63, 3.8) is 0 Å². The van der Waals surface area contributed by atoms with Crippen molar-refractivity contribution < 1.29 is 14.2 Å². The minimum Gasteiger partial charge on any atom is -0.491 e. The molecule has 72 valence electrons. The van der Waals surface area contributed by atoms with E-state index >= 15 is 0 Å². The predicted octanol–water partition coefficient (Wildman–Crippen LogP) is 0.655. The van der Waals surface area contributed by atoms with Gasteiger partial charge in [-0.05, 0) is 17.7 Å². The van der Waals surface area contributed by atoms with Crippen LogP contribution in [0.25, 0.3) is 0 Å². The molecule has 0 heterocycles. The van der Waals surface area contributed by atoms with Gasteiger partial charge in [-0.3, -0.25) is 0 Å². The Morgan fingerprint density at radius 2 is 2.15 bits per heavy atom. The molecule has 3 N–H and O–H groups in total. The molecular formula is C9H12FNO2. The third-order valence-electron chi connectivity index (χ3n) is 1.53. The minimum absolute atomic E-state index is 0.0888. The first-order chi connectivity index (χ1) is 6.26. The van der Waals surface area contributed by atoms with Gasteiger partial charge in [-0.25, -0.2) is 4.39 Å². The quantitative estimate of drug-likeness (QED) is 0.724. The molecule has 3 nitrogen and oxygen atoms in total. The average molecular weight is 185 g/mol. The Morgan fingerprint density at radius 1 is 1.38 bits per heavy atom. The maximum absolute atomic E-state index is 12.8. The summed E-state index contributed by atoms with van der Waals surface area (Å²) >= 11 is 0. The molecule has 0 radical (unpaired) electrons. The van der Waals surface area contributed by atoms with E-state index in [-0.39, 0.29) is 25.6 Å². The van der Waals surface area contributed by atoms with Crippen LogP contribution in [0.15, 0.2) is 18.2 Å². The van der Waals surface area contributed by atoms with Crippen LogP contribution >= 0.6 is 0 Å². The first-order valence-electron chi connectivity index (χ1n) is 3.99. The highest BCUT2D eigenvalue weighted by atomic mass is 19.1. The minimum atomic E-state index is -0.379. The molecule has 0 saturated carbocycles. The van der Waals surface area contributed by atoms with Gasteiger partial charge in [0.1, 0.15) is 18.2 Å². The Labute approximate surface area is 75.9 Å². The van der Waals surface area contributed by atoms with Crippen LogP contribution in [-0.4, -0.2) is 18.3 Å². The number of nitrogens with two attached hydrogens (primary N) is 1. The SMILES string of the molecule is NCc1cc(F)cc(OCCO)c1. The van der Waals surface area contributed by atoms with Gasteiger partial charge in [0, 0.05) is 12.6 Å². The van der Waals surface area contributed by atoms with E-state index in [4.69, 9.17) is 15.6 Å². The Kier molecular flexibility index (Phi) is 3.67. The first-order valence-corrected chi connectivity index (χ1v) is 3.99. The van der Waals surface area contributed by atoms with Crippen molar-refractivity contribution >= 4 is 0 Å². The highest BCUT2D eigenvalue weighted by Crippen LogP contribution is 2.15. The number of rotatable bonds is 4. The van der Waals surface area contributed by atoms with E-state index in [0.29, 0.717) is 11.3 Å². The van der Waals surface area contributed by atoms with E-state index in [0.717, 1.165) is 0 Å². The van der Waals surface area contributed by atoms with Gasteiger partial charge >= 0.3 is 0 Å². The van der Waals surface area contributed by atoms with Crippen LogP contribution in [0.2, 0.25) is 0 Å². The van der Waals surface area contributed by atoms with Gasteiger partial charge in [0.15, 0.2) is 0 Å². The molecule has 0 fully saturated rings. The zero-order valence-corrected chi connectivity index (χ0v) is 7.16. The number of hydrogen-bond acceptors (Lipinski definition) is 3. The summed E-state index contributed by atoms with van der Waals surface area (Å²) in [6.07, 6.45) is 0. The van der Waals surface area contributed by atoms with Crippen molar-refractivity contribution in [3.05, 3.63) is 29.6 Å². The zero-order chi connectivity index (χ0) is 9.68. The van der Waals surface area contributed by atoms with E-state index in [2.05, 4.69) is 0 Å². The number of aliphatic hydroxyl groups excluding tert-OH is 1. The molecule has 0 aliphatic heterocycles. The summed E-state index contributed by atoms with van der Waals surface area (Å²) in [6, 6.07) is 4.26. The average Bonchev–Trinajstić information content (AvgIpc) is 2.14. The first kappa shape index (κ1) is 9.95. The molecule has 0 spiro atoms. The number of ether oxygens (including phenoxy) is 1. The van der Waals surface area contributed by atoms with E-state index in [1.807, 2.05) is 0 Å². The van der Waals surface area contributed by atoms with Crippen molar-refractivity contribution in [3.8, 4) is 5.75 Å². The fraction of sp³-hybridized carbons (Fsp3) is 0.333. The largest absolute Gasteiger partial charge is 0.491 e. The van der Waals surface area contributed by atoms with Crippen LogP contribution in [0.3, 0.4) is 0 Å². The highest BCUT2D eigenvalue weighted by molar-refractivity contribution is 5.29. The summed E-state index contributed by atoms with van der Waals surface area (Å²) in [5.74, 6) is 0.0189. The van der Waals surface area contributed by atoms with E-state index < -0.39 is 0 Å². The molecule has 0 bridgehead atoms. The smallest absolute Gasteiger partial charge is 0.127 e. The second-order valence-corrected chi connectivity index (χ2v) is 2.57. The molecule has 4 heteroatoms. The molecule has 1 aromatic carbocycles. The lowest BCUT2D eigenvalue weighted by Crippen LogP contribution is -2.03. The lowest BCUT2D eigenvalue weighted by Gasteiger charge is -2.05. The fourth-order valence-electron chi connectivity index (χ4n) is 0.985.